The van der Waals surface area contributed by atoms with Crippen LogP contribution in [0.25, 0.3) is 25.7 Å². The molecule has 0 spiro atoms. The number of halogens is 2. The predicted molar refractivity (Wildman–Crippen MR) is 248 cm³/mol. The van der Waals surface area contributed by atoms with Crippen LogP contribution in [0.5, 0.6) is 0 Å². The van der Waals surface area contributed by atoms with Crippen LogP contribution in [0.4, 0.5) is 0 Å². The molecule has 9 rings (SSSR count). The van der Waals surface area contributed by atoms with Crippen molar-refractivity contribution in [2.75, 3.05) is 13.2 Å². The zero-order valence-electron chi connectivity index (χ0n) is 32.1. The quantitative estimate of drug-likeness (QED) is 0.0350. The summed E-state index contributed by atoms with van der Waals surface area (Å²) in [6, 6.07) is 49.0. The topological polar surface area (TPSA) is 96.3 Å². The molecule has 0 unspecified atom stereocenters. The highest BCUT2D eigenvalue weighted by molar-refractivity contribution is 7.99. The number of amides is 1. The molecule has 0 saturated heterocycles. The van der Waals surface area contributed by atoms with Crippen molar-refractivity contribution in [1.82, 2.24) is 5.32 Å². The van der Waals surface area contributed by atoms with Crippen molar-refractivity contribution in [3.05, 3.63) is 196 Å². The maximum Gasteiger partial charge on any atom is 0.333 e. The first-order valence-electron chi connectivity index (χ1n) is 18.4. The van der Waals surface area contributed by atoms with Gasteiger partial charge < -0.3 is 10.1 Å². The van der Waals surface area contributed by atoms with Gasteiger partial charge in [-0.1, -0.05) is 150 Å². The number of hydrogen-bond donors (Lipinski definition) is 1. The molecule has 6 aromatic carbocycles. The lowest BCUT2D eigenvalue weighted by molar-refractivity contribution is -0.139. The fraction of sp³-hybridized carbons (Fsp3) is 0.0833. The number of carbonyl (C=O) groups excluding carboxylic acids is 2. The molecule has 12 heteroatoms. The highest BCUT2D eigenvalue weighted by Gasteiger charge is 2.37. The molecule has 1 amide bonds. The van der Waals surface area contributed by atoms with Gasteiger partial charge in [-0.25, -0.2) is 4.79 Å². The van der Waals surface area contributed by atoms with Crippen molar-refractivity contribution < 1.29 is 14.3 Å². The van der Waals surface area contributed by atoms with E-state index in [-0.39, 0.29) is 32.6 Å². The number of nitrogens with one attached hydrogen (secondary N) is 1. The minimum atomic E-state index is -0.932. The SMILES string of the molecule is C=C(C)C(=O)OCCNC(=O)C(C#N)=C1c2ccccc2Sc2ccccc21.ClC1(Cl)c2ccccc2Sc2ccccc21.O=c1c2ccccc2sc2ccccc12.[B]. The number of fused-ring (bicyclic) bond motifs is 6. The van der Waals surface area contributed by atoms with Gasteiger partial charge in [0.2, 0.25) is 0 Å². The minimum absolute atomic E-state index is 0. The molecule has 2 aliphatic heterocycles. The number of alkyl halides is 2. The van der Waals surface area contributed by atoms with Crippen LogP contribution in [0.3, 0.4) is 0 Å². The number of ether oxygens (including phenoxy) is 1. The molecule has 0 fully saturated rings. The molecular formula is C48H34BCl2N2O4S3. The Bertz CT molecular complexity index is 2750. The molecular weight excluding hydrogens is 846 g/mol. The zero-order valence-corrected chi connectivity index (χ0v) is 36.1. The van der Waals surface area contributed by atoms with E-state index in [1.54, 1.807) is 41.8 Å². The Balaban J connectivity index is 0.000000160. The number of rotatable bonds is 5. The number of nitrogens with zero attached hydrogens (tertiary/aromatic N) is 1. The van der Waals surface area contributed by atoms with E-state index in [4.69, 9.17) is 27.9 Å². The Hall–Kier alpha value is -5.54. The molecule has 7 aromatic rings. The number of carbonyl (C=O) groups is 2. The normalized spacial score (nSPS) is 12.5. The van der Waals surface area contributed by atoms with E-state index >= 15 is 0 Å². The van der Waals surface area contributed by atoms with Crippen LogP contribution in [-0.2, 0) is 18.7 Å². The lowest BCUT2D eigenvalue weighted by atomic mass is 9.92. The summed E-state index contributed by atoms with van der Waals surface area (Å²) in [6.45, 7) is 5.16. The van der Waals surface area contributed by atoms with Gasteiger partial charge >= 0.3 is 5.97 Å². The Morgan fingerprint density at radius 3 is 1.63 bits per heavy atom. The second kappa shape index (κ2) is 19.7. The van der Waals surface area contributed by atoms with Gasteiger partial charge in [0.05, 0.1) is 6.54 Å². The average Bonchev–Trinajstić information content (AvgIpc) is 3.26. The molecule has 0 saturated carbocycles. The number of benzene rings is 6. The highest BCUT2D eigenvalue weighted by Crippen LogP contribution is 2.53. The molecule has 2 aliphatic rings. The van der Waals surface area contributed by atoms with Gasteiger partial charge in [0.25, 0.3) is 5.91 Å². The Kier molecular flexibility index (Phi) is 14.4. The molecule has 0 aliphatic carbocycles. The summed E-state index contributed by atoms with van der Waals surface area (Å²) < 4.78 is 6.15. The van der Waals surface area contributed by atoms with E-state index in [1.165, 1.54) is 0 Å². The van der Waals surface area contributed by atoms with Crippen molar-refractivity contribution in [2.45, 2.75) is 30.8 Å². The lowest BCUT2D eigenvalue weighted by Crippen LogP contribution is -2.29. The third kappa shape index (κ3) is 9.42. The number of hydrogen-bond acceptors (Lipinski definition) is 8. The van der Waals surface area contributed by atoms with Crippen molar-refractivity contribution >= 4 is 104 Å². The van der Waals surface area contributed by atoms with Crippen LogP contribution in [0.1, 0.15) is 29.2 Å². The monoisotopic (exact) mass is 879 g/mol. The molecule has 60 heavy (non-hydrogen) atoms. The van der Waals surface area contributed by atoms with Crippen molar-refractivity contribution in [3.63, 3.8) is 0 Å². The maximum absolute atomic E-state index is 12.7. The molecule has 6 nitrogen and oxygen atoms in total. The van der Waals surface area contributed by atoms with Crippen LogP contribution in [0.2, 0.25) is 0 Å². The van der Waals surface area contributed by atoms with Gasteiger partial charge in [-0.05, 0) is 66.6 Å². The van der Waals surface area contributed by atoms with E-state index in [2.05, 4.69) is 30.1 Å². The van der Waals surface area contributed by atoms with E-state index in [0.29, 0.717) is 11.1 Å². The molecule has 1 N–H and O–H groups in total. The van der Waals surface area contributed by atoms with Gasteiger partial charge in [0.1, 0.15) is 18.2 Å². The van der Waals surface area contributed by atoms with Crippen molar-refractivity contribution in [1.29, 1.82) is 5.26 Å². The lowest BCUT2D eigenvalue weighted by Gasteiger charge is -2.29. The van der Waals surface area contributed by atoms with Crippen LogP contribution in [0.15, 0.2) is 188 Å². The first-order chi connectivity index (χ1) is 28.6. The van der Waals surface area contributed by atoms with Crippen LogP contribution in [0, 0.1) is 11.3 Å². The molecule has 0 atom stereocenters. The molecule has 0 bridgehead atoms. The summed E-state index contributed by atoms with van der Waals surface area (Å²) in [6.07, 6.45) is 0. The fourth-order valence-corrected chi connectivity index (χ4v) is 10.7. The highest BCUT2D eigenvalue weighted by atomic mass is 35.5. The van der Waals surface area contributed by atoms with Crippen LogP contribution >= 0.6 is 58.1 Å². The standard InChI is InChI=1S/C22H18N2O3S.C13H8Cl2S.C13H8OS.B/c1-14(2)22(26)27-12-11-24-21(25)17(13-23)20-15-7-3-5-9-18(15)28-19-10-6-4-8-16(19)20;14-13(15)9-5-1-3-7-11(9)16-12-8-4-2-6-10(12)13;14-13-9-5-1-3-7-11(9)15-12-8-4-2-6-10(12)13;/h3-10H,1,11-12H2,2H3,(H,24,25);1-8H;1-8H;. The summed E-state index contributed by atoms with van der Waals surface area (Å²) in [5.41, 5.74) is 4.73. The van der Waals surface area contributed by atoms with E-state index < -0.39 is 16.2 Å². The van der Waals surface area contributed by atoms with Crippen molar-refractivity contribution in [3.8, 4) is 6.07 Å². The van der Waals surface area contributed by atoms with E-state index in [0.717, 1.165) is 62.0 Å². The zero-order chi connectivity index (χ0) is 41.5. The van der Waals surface area contributed by atoms with E-state index in [1.807, 2.05) is 133 Å². The molecule has 3 heterocycles. The second-order valence-electron chi connectivity index (χ2n) is 13.2. The van der Waals surface area contributed by atoms with E-state index in [9.17, 15) is 19.6 Å². The first kappa shape index (κ1) is 44.0. The van der Waals surface area contributed by atoms with Crippen LogP contribution in [-0.4, -0.2) is 33.4 Å². The minimum Gasteiger partial charge on any atom is -0.460 e. The summed E-state index contributed by atoms with van der Waals surface area (Å²) in [5, 5.41) is 14.0. The van der Waals surface area contributed by atoms with Gasteiger partial charge in [0.15, 0.2) is 9.76 Å². The third-order valence-corrected chi connectivity index (χ3v) is 13.5. The summed E-state index contributed by atoms with van der Waals surface area (Å²) in [5.74, 6) is -1.01. The van der Waals surface area contributed by atoms with Crippen molar-refractivity contribution in [2.24, 2.45) is 0 Å². The van der Waals surface area contributed by atoms with Gasteiger partial charge in [0, 0.05) is 70.4 Å². The average molecular weight is 881 g/mol. The Morgan fingerprint density at radius 1 is 0.700 bits per heavy atom. The fourth-order valence-electron chi connectivity index (χ4n) is 6.44. The molecule has 3 radical (unpaired) electrons. The van der Waals surface area contributed by atoms with Gasteiger partial charge in [-0.3, -0.25) is 9.59 Å². The summed E-state index contributed by atoms with van der Waals surface area (Å²) in [4.78, 5) is 40.5. The summed E-state index contributed by atoms with van der Waals surface area (Å²) >= 11 is 18.0. The third-order valence-electron chi connectivity index (χ3n) is 9.24. The molecule has 1 aromatic heterocycles. The number of nitriles is 1. The Labute approximate surface area is 372 Å². The summed E-state index contributed by atoms with van der Waals surface area (Å²) in [7, 11) is 0. The first-order valence-corrected chi connectivity index (χ1v) is 21.6. The molecule has 295 valence electrons. The van der Waals surface area contributed by atoms with Crippen LogP contribution < -0.4 is 10.7 Å². The van der Waals surface area contributed by atoms with Gasteiger partial charge in [-0.2, -0.15) is 5.26 Å². The number of esters is 1. The Morgan fingerprint density at radius 2 is 1.13 bits per heavy atom. The second-order valence-corrected chi connectivity index (χ2v) is 17.8. The predicted octanol–water partition coefficient (Wildman–Crippen LogP) is 11.6. The smallest absolute Gasteiger partial charge is 0.333 e. The maximum atomic E-state index is 12.7. The van der Waals surface area contributed by atoms with Gasteiger partial charge in [-0.15, -0.1) is 11.3 Å². The largest absolute Gasteiger partial charge is 0.460 e.